The fraction of sp³-hybridized carbons (Fsp3) is 0.889. The summed E-state index contributed by atoms with van der Waals surface area (Å²) in [6, 6.07) is 0. The van der Waals surface area contributed by atoms with E-state index in [2.05, 4.69) is 6.92 Å². The molecule has 0 radical (unpaired) electrons. The van der Waals surface area contributed by atoms with Gasteiger partial charge < -0.3 is 6.58 Å². The third-order valence-corrected chi connectivity index (χ3v) is 3.72. The Morgan fingerprint density at radius 3 is 1.21 bits per heavy atom. The van der Waals surface area contributed by atoms with E-state index >= 15 is 0 Å². The molecule has 0 aromatic carbocycles. The van der Waals surface area contributed by atoms with Gasteiger partial charge in [0.05, 0.1) is 0 Å². The zero-order chi connectivity index (χ0) is 13.3. The molecule has 0 N–H and O–H groups in total. The second-order valence-electron chi connectivity index (χ2n) is 5.62. The minimum atomic E-state index is 0. The van der Waals surface area contributed by atoms with Crippen LogP contribution in [0, 0.1) is 6.58 Å². The van der Waals surface area contributed by atoms with Gasteiger partial charge in [0.25, 0.3) is 0 Å². The second kappa shape index (κ2) is 21.7. The zero-order valence-corrected chi connectivity index (χ0v) is 16.9. The van der Waals surface area contributed by atoms with Crippen LogP contribution >= 0.6 is 0 Å². The summed E-state index contributed by atoms with van der Waals surface area (Å²) in [5, 5.41) is 0. The van der Waals surface area contributed by atoms with Gasteiger partial charge in [0.2, 0.25) is 0 Å². The first kappa shape index (κ1) is 22.7. The van der Waals surface area contributed by atoms with Crippen LogP contribution in [0.25, 0.3) is 0 Å². The molecule has 0 aliphatic carbocycles. The van der Waals surface area contributed by atoms with E-state index < -0.39 is 0 Å². The van der Waals surface area contributed by atoms with Gasteiger partial charge in [-0.3, -0.25) is 6.08 Å². The van der Waals surface area contributed by atoms with E-state index in [1.165, 1.54) is 89.9 Å². The summed E-state index contributed by atoms with van der Waals surface area (Å²) < 4.78 is 0. The van der Waals surface area contributed by atoms with Crippen molar-refractivity contribution in [2.45, 2.75) is 103 Å². The zero-order valence-electron chi connectivity index (χ0n) is 13.8. The average molecular weight is 291 g/mol. The van der Waals surface area contributed by atoms with Crippen molar-refractivity contribution in [3.05, 3.63) is 12.7 Å². The minimum Gasteiger partial charge on any atom is -0.518 e. The minimum absolute atomic E-state index is 0. The summed E-state index contributed by atoms with van der Waals surface area (Å²) in [5.41, 5.74) is 0. The normalized spacial score (nSPS) is 10.2. The van der Waals surface area contributed by atoms with Crippen molar-refractivity contribution < 1.29 is 51.4 Å². The predicted molar refractivity (Wildman–Crippen MR) is 83.8 cm³/mol. The molecule has 0 rings (SSSR count). The molecular formula is C18H35K. The topological polar surface area (TPSA) is 0 Å². The van der Waals surface area contributed by atoms with Crippen LogP contribution in [0.5, 0.6) is 0 Å². The number of hydrogen-bond donors (Lipinski definition) is 0. The van der Waals surface area contributed by atoms with E-state index in [-0.39, 0.29) is 51.4 Å². The van der Waals surface area contributed by atoms with E-state index in [0.29, 0.717) is 0 Å². The quantitative estimate of drug-likeness (QED) is 0.244. The van der Waals surface area contributed by atoms with Crippen molar-refractivity contribution in [2.75, 3.05) is 0 Å². The first-order chi connectivity index (χ1) is 8.91. The number of rotatable bonds is 15. The van der Waals surface area contributed by atoms with Crippen LogP contribution in [0.3, 0.4) is 0 Å². The summed E-state index contributed by atoms with van der Waals surface area (Å²) in [5.74, 6) is 0. The molecule has 0 aromatic heterocycles. The van der Waals surface area contributed by atoms with Crippen molar-refractivity contribution in [3.63, 3.8) is 0 Å². The Labute approximate surface area is 165 Å². The van der Waals surface area contributed by atoms with E-state index in [0.717, 1.165) is 6.42 Å². The Morgan fingerprint density at radius 2 is 0.895 bits per heavy atom. The van der Waals surface area contributed by atoms with Gasteiger partial charge in [0, 0.05) is 0 Å². The molecule has 0 bridgehead atoms. The molecule has 0 heterocycles. The van der Waals surface area contributed by atoms with E-state index in [4.69, 9.17) is 6.58 Å². The van der Waals surface area contributed by atoms with Gasteiger partial charge in [-0.15, -0.1) is 0 Å². The monoisotopic (exact) mass is 290 g/mol. The van der Waals surface area contributed by atoms with Crippen molar-refractivity contribution in [1.29, 1.82) is 0 Å². The summed E-state index contributed by atoms with van der Waals surface area (Å²) in [6.45, 7) is 7.64. The fourth-order valence-corrected chi connectivity index (χ4v) is 2.46. The Morgan fingerprint density at radius 1 is 0.579 bits per heavy atom. The smallest absolute Gasteiger partial charge is 0.518 e. The average Bonchev–Trinajstić information content (AvgIpc) is 2.39. The van der Waals surface area contributed by atoms with Crippen LogP contribution in [0.4, 0.5) is 0 Å². The molecule has 108 valence electrons. The molecule has 0 nitrogen and oxygen atoms in total. The van der Waals surface area contributed by atoms with Gasteiger partial charge in [-0.25, -0.2) is 0 Å². The maximum atomic E-state index is 5.35. The molecule has 0 aliphatic rings. The summed E-state index contributed by atoms with van der Waals surface area (Å²) in [7, 11) is 0. The molecule has 0 saturated heterocycles. The summed E-state index contributed by atoms with van der Waals surface area (Å²) in [6.07, 6.45) is 22.9. The molecule has 0 aromatic rings. The standard InChI is InChI=1S/C18H35.K/c1-3-5-7-9-11-13-15-17-18-16-14-12-10-8-6-4-2;/h1,3H,4-18H2,2H3;/q-1;+1. The van der Waals surface area contributed by atoms with E-state index in [1.807, 2.05) is 0 Å². The van der Waals surface area contributed by atoms with Gasteiger partial charge >= 0.3 is 51.4 Å². The fourth-order valence-electron chi connectivity index (χ4n) is 2.46. The Hall–Kier alpha value is 1.38. The largest absolute Gasteiger partial charge is 1.00 e. The third-order valence-electron chi connectivity index (χ3n) is 3.72. The first-order valence-corrected chi connectivity index (χ1v) is 8.45. The molecule has 0 amide bonds. The van der Waals surface area contributed by atoms with Crippen LogP contribution in [-0.2, 0) is 0 Å². The van der Waals surface area contributed by atoms with Crippen molar-refractivity contribution in [2.24, 2.45) is 0 Å². The summed E-state index contributed by atoms with van der Waals surface area (Å²) >= 11 is 0. The van der Waals surface area contributed by atoms with Gasteiger partial charge in [-0.05, 0) is 0 Å². The van der Waals surface area contributed by atoms with E-state index in [1.54, 1.807) is 6.08 Å². The third kappa shape index (κ3) is 21.8. The maximum Gasteiger partial charge on any atom is 1.00 e. The van der Waals surface area contributed by atoms with Crippen LogP contribution in [0.2, 0.25) is 0 Å². The maximum absolute atomic E-state index is 5.35. The molecule has 0 aliphatic heterocycles. The molecule has 19 heavy (non-hydrogen) atoms. The van der Waals surface area contributed by atoms with Gasteiger partial charge in [-0.2, -0.15) is 0 Å². The Kier molecular flexibility index (Phi) is 25.8. The van der Waals surface area contributed by atoms with Crippen LogP contribution in [0.15, 0.2) is 6.08 Å². The number of allylic oxidation sites excluding steroid dienone is 1. The van der Waals surface area contributed by atoms with Crippen molar-refractivity contribution >= 4 is 0 Å². The molecular weight excluding hydrogens is 255 g/mol. The molecule has 0 saturated carbocycles. The Bertz CT molecular complexity index is 154. The molecule has 0 spiro atoms. The summed E-state index contributed by atoms with van der Waals surface area (Å²) in [4.78, 5) is 0. The number of hydrogen-bond acceptors (Lipinski definition) is 0. The van der Waals surface area contributed by atoms with Gasteiger partial charge in [0.1, 0.15) is 0 Å². The second-order valence-corrected chi connectivity index (χ2v) is 5.62. The molecule has 0 unspecified atom stereocenters. The van der Waals surface area contributed by atoms with Crippen LogP contribution in [-0.4, -0.2) is 0 Å². The molecule has 1 heteroatoms. The van der Waals surface area contributed by atoms with Crippen molar-refractivity contribution in [1.82, 2.24) is 0 Å². The van der Waals surface area contributed by atoms with E-state index in [9.17, 15) is 0 Å². The first-order valence-electron chi connectivity index (χ1n) is 8.45. The predicted octanol–water partition coefficient (Wildman–Crippen LogP) is 3.85. The van der Waals surface area contributed by atoms with Crippen molar-refractivity contribution in [3.8, 4) is 0 Å². The molecule has 0 fully saturated rings. The van der Waals surface area contributed by atoms with Gasteiger partial charge in [0.15, 0.2) is 0 Å². The number of unbranched alkanes of at least 4 members (excludes halogenated alkanes) is 14. The van der Waals surface area contributed by atoms with Gasteiger partial charge in [-0.1, -0.05) is 103 Å². The SMILES string of the molecule is [CH-]=CCCCCCCCCCCCCCCCC.[K+]. The van der Waals surface area contributed by atoms with Crippen LogP contribution < -0.4 is 51.4 Å². The molecule has 0 atom stereocenters. The van der Waals surface area contributed by atoms with Crippen LogP contribution in [0.1, 0.15) is 103 Å². The Balaban J connectivity index is 0.